The zero-order chi connectivity index (χ0) is 7.72. The van der Waals surface area contributed by atoms with Gasteiger partial charge in [-0.2, -0.15) is 0 Å². The van der Waals surface area contributed by atoms with E-state index in [9.17, 15) is 4.79 Å². The molecular formula is C5H6BN3O. The quantitative estimate of drug-likeness (QED) is 0.372. The van der Waals surface area contributed by atoms with Crippen molar-refractivity contribution >= 4 is 24.8 Å². The van der Waals surface area contributed by atoms with Gasteiger partial charge in [0.15, 0.2) is 0 Å². The van der Waals surface area contributed by atoms with Crippen LogP contribution in [0.5, 0.6) is 0 Å². The minimum atomic E-state index is -0.447. The molecule has 1 aromatic heterocycles. The third kappa shape index (κ3) is 0.976. The fourth-order valence-corrected chi connectivity index (χ4v) is 0.611. The zero-order valence-electron chi connectivity index (χ0n) is 5.22. The van der Waals surface area contributed by atoms with Crippen LogP contribution >= 0.6 is 0 Å². The summed E-state index contributed by atoms with van der Waals surface area (Å²) in [5.41, 5.74) is 10.3. The number of hydrogen-bond acceptors (Lipinski definition) is 3. The highest BCUT2D eigenvalue weighted by atomic mass is 16.1. The number of hydrogen-bond donors (Lipinski definition) is 3. The second kappa shape index (κ2) is 2.09. The van der Waals surface area contributed by atoms with Gasteiger partial charge >= 0.3 is 0 Å². The summed E-state index contributed by atoms with van der Waals surface area (Å²) in [5.74, 6) is 0.219. The standard InChI is InChI=1S/C5H6BN3O/c6-4-2(7)1-3(8)9-5(4)10/h1H,(H5,7,8,9,10). The molecule has 0 aliphatic heterocycles. The zero-order valence-corrected chi connectivity index (χ0v) is 5.22. The van der Waals surface area contributed by atoms with Crippen molar-refractivity contribution in [3.63, 3.8) is 0 Å². The van der Waals surface area contributed by atoms with Crippen molar-refractivity contribution in [2.45, 2.75) is 0 Å². The normalized spacial score (nSPS) is 9.60. The molecule has 0 amide bonds. The minimum absolute atomic E-state index is 0.00852. The van der Waals surface area contributed by atoms with E-state index in [1.54, 1.807) is 0 Å². The van der Waals surface area contributed by atoms with Crippen LogP contribution in [-0.2, 0) is 0 Å². The summed E-state index contributed by atoms with van der Waals surface area (Å²) in [6.45, 7) is 0. The van der Waals surface area contributed by atoms with Crippen molar-refractivity contribution in [1.29, 1.82) is 0 Å². The van der Waals surface area contributed by atoms with Gasteiger partial charge in [0.2, 0.25) is 5.56 Å². The summed E-state index contributed by atoms with van der Waals surface area (Å²) >= 11 is 0. The first-order valence-electron chi connectivity index (χ1n) is 2.65. The maximum atomic E-state index is 10.7. The number of nitrogens with two attached hydrogens (primary N) is 2. The van der Waals surface area contributed by atoms with Crippen LogP contribution in [-0.4, -0.2) is 12.8 Å². The lowest BCUT2D eigenvalue weighted by Crippen LogP contribution is -2.30. The summed E-state index contributed by atoms with van der Waals surface area (Å²) in [4.78, 5) is 13.0. The Hall–Kier alpha value is -1.39. The highest BCUT2D eigenvalue weighted by Gasteiger charge is 1.97. The van der Waals surface area contributed by atoms with E-state index >= 15 is 0 Å². The molecule has 0 bridgehead atoms. The SMILES string of the molecule is [B]c1c(N)cc(N)[nH]c1=O. The van der Waals surface area contributed by atoms with E-state index in [1.165, 1.54) is 6.07 Å². The molecule has 2 radical (unpaired) electrons. The molecule has 0 saturated carbocycles. The molecule has 1 rings (SSSR count). The largest absolute Gasteiger partial charge is 0.399 e. The average molecular weight is 135 g/mol. The molecule has 5 N–H and O–H groups in total. The Morgan fingerprint density at radius 3 is 2.60 bits per heavy atom. The molecule has 50 valence electrons. The number of nitrogens with one attached hydrogen (secondary N) is 1. The van der Waals surface area contributed by atoms with Crippen LogP contribution in [0, 0.1) is 0 Å². The van der Waals surface area contributed by atoms with Gasteiger partial charge in [0.05, 0.1) is 0 Å². The summed E-state index contributed by atoms with van der Waals surface area (Å²) in [7, 11) is 5.23. The van der Waals surface area contributed by atoms with Gasteiger partial charge in [0, 0.05) is 11.8 Å². The Kier molecular flexibility index (Phi) is 1.41. The molecule has 0 atom stereocenters. The minimum Gasteiger partial charge on any atom is -0.399 e. The lowest BCUT2D eigenvalue weighted by Gasteiger charge is -1.98. The number of rotatable bonds is 0. The van der Waals surface area contributed by atoms with Crippen LogP contribution in [0.4, 0.5) is 11.5 Å². The third-order valence-electron chi connectivity index (χ3n) is 1.12. The van der Waals surface area contributed by atoms with Crippen LogP contribution in [0.2, 0.25) is 0 Å². The maximum Gasteiger partial charge on any atom is 0.244 e. The number of nitrogen functional groups attached to an aromatic ring is 2. The Morgan fingerprint density at radius 1 is 1.50 bits per heavy atom. The van der Waals surface area contributed by atoms with Crippen LogP contribution in [0.15, 0.2) is 10.9 Å². The second-order valence-electron chi connectivity index (χ2n) is 1.92. The molecule has 0 saturated heterocycles. The van der Waals surface area contributed by atoms with Gasteiger partial charge < -0.3 is 16.5 Å². The lowest BCUT2D eigenvalue weighted by molar-refractivity contribution is 1.27. The van der Waals surface area contributed by atoms with E-state index in [-0.39, 0.29) is 17.0 Å². The van der Waals surface area contributed by atoms with Crippen molar-refractivity contribution in [2.24, 2.45) is 0 Å². The molecule has 0 fully saturated rings. The van der Waals surface area contributed by atoms with Gasteiger partial charge in [-0.1, -0.05) is 0 Å². The highest BCUT2D eigenvalue weighted by Crippen LogP contribution is 1.96. The van der Waals surface area contributed by atoms with Gasteiger partial charge in [-0.15, -0.1) is 0 Å². The molecule has 0 spiro atoms. The van der Waals surface area contributed by atoms with E-state index in [2.05, 4.69) is 4.98 Å². The molecular weight excluding hydrogens is 129 g/mol. The van der Waals surface area contributed by atoms with Crippen molar-refractivity contribution < 1.29 is 0 Å². The van der Waals surface area contributed by atoms with E-state index in [1.807, 2.05) is 0 Å². The number of H-pyrrole nitrogens is 1. The van der Waals surface area contributed by atoms with Crippen LogP contribution < -0.4 is 22.5 Å². The second-order valence-corrected chi connectivity index (χ2v) is 1.92. The first-order valence-corrected chi connectivity index (χ1v) is 2.65. The van der Waals surface area contributed by atoms with E-state index in [0.717, 1.165) is 0 Å². The summed E-state index contributed by atoms with van der Waals surface area (Å²) in [6, 6.07) is 1.40. The number of pyridine rings is 1. The first-order chi connectivity index (χ1) is 4.61. The molecule has 1 aromatic rings. The fraction of sp³-hybridized carbons (Fsp3) is 0. The molecule has 5 heteroatoms. The molecule has 0 aliphatic rings. The third-order valence-corrected chi connectivity index (χ3v) is 1.12. The Balaban J connectivity index is 3.46. The Labute approximate surface area is 58.6 Å². The molecule has 0 unspecified atom stereocenters. The number of aromatic amines is 1. The molecule has 10 heavy (non-hydrogen) atoms. The highest BCUT2D eigenvalue weighted by molar-refractivity contribution is 6.35. The smallest absolute Gasteiger partial charge is 0.244 e. The van der Waals surface area contributed by atoms with Crippen molar-refractivity contribution in [3.8, 4) is 0 Å². The summed E-state index contributed by atoms with van der Waals surface area (Å²) in [5, 5.41) is 0. The van der Waals surface area contributed by atoms with Crippen molar-refractivity contribution in [2.75, 3.05) is 11.5 Å². The lowest BCUT2D eigenvalue weighted by atomic mass is 9.96. The average Bonchev–Trinajstić information content (AvgIpc) is 1.82. The van der Waals surface area contributed by atoms with E-state index in [0.29, 0.717) is 0 Å². The predicted octanol–water partition coefficient (Wildman–Crippen LogP) is -1.67. The number of anilines is 2. The Bertz CT molecular complexity index is 306. The predicted molar refractivity (Wildman–Crippen MR) is 41.3 cm³/mol. The summed E-state index contributed by atoms with van der Waals surface area (Å²) in [6.07, 6.45) is 0. The van der Waals surface area contributed by atoms with Crippen molar-refractivity contribution in [3.05, 3.63) is 16.4 Å². The van der Waals surface area contributed by atoms with Crippen LogP contribution in [0.1, 0.15) is 0 Å². The van der Waals surface area contributed by atoms with E-state index in [4.69, 9.17) is 19.3 Å². The molecule has 0 aliphatic carbocycles. The van der Waals surface area contributed by atoms with Gasteiger partial charge in [-0.3, -0.25) is 4.79 Å². The van der Waals surface area contributed by atoms with Crippen LogP contribution in [0.25, 0.3) is 0 Å². The van der Waals surface area contributed by atoms with Gasteiger partial charge in [0.1, 0.15) is 13.7 Å². The number of aromatic nitrogens is 1. The topological polar surface area (TPSA) is 84.9 Å². The molecule has 1 heterocycles. The van der Waals surface area contributed by atoms with Gasteiger partial charge in [0.25, 0.3) is 0 Å². The Morgan fingerprint density at radius 2 is 2.10 bits per heavy atom. The molecule has 0 aromatic carbocycles. The monoisotopic (exact) mass is 135 g/mol. The van der Waals surface area contributed by atoms with Crippen molar-refractivity contribution in [1.82, 2.24) is 4.98 Å². The van der Waals surface area contributed by atoms with Crippen LogP contribution in [0.3, 0.4) is 0 Å². The van der Waals surface area contributed by atoms with E-state index < -0.39 is 5.56 Å². The van der Waals surface area contributed by atoms with Gasteiger partial charge in [-0.25, -0.2) is 0 Å². The summed E-state index contributed by atoms with van der Waals surface area (Å²) < 4.78 is 0. The first kappa shape index (κ1) is 6.73. The van der Waals surface area contributed by atoms with Gasteiger partial charge in [-0.05, 0) is 5.46 Å². The maximum absolute atomic E-state index is 10.7. The molecule has 4 nitrogen and oxygen atoms in total. The fourth-order valence-electron chi connectivity index (χ4n) is 0.611.